The molecular weight excluding hydrogens is 440 g/mol. The van der Waals surface area contributed by atoms with Crippen LogP contribution in [-0.2, 0) is 12.0 Å². The summed E-state index contributed by atoms with van der Waals surface area (Å²) < 4.78 is 22.0. The molecule has 2 aromatic heterocycles. The zero-order chi connectivity index (χ0) is 21.8. The van der Waals surface area contributed by atoms with Crippen LogP contribution in [0.1, 0.15) is 37.1 Å². The molecule has 0 saturated carbocycles. The molecule has 2 aliphatic heterocycles. The minimum Gasteiger partial charge on any atom is -0.482 e. The lowest BCUT2D eigenvalue weighted by atomic mass is 9.82. The predicted molar refractivity (Wildman–Crippen MR) is 119 cm³/mol. The molecule has 6 nitrogen and oxygen atoms in total. The van der Waals surface area contributed by atoms with E-state index < -0.39 is 11.9 Å². The molecule has 0 bridgehead atoms. The summed E-state index contributed by atoms with van der Waals surface area (Å²) in [6.45, 7) is 4.67. The summed E-state index contributed by atoms with van der Waals surface area (Å²) in [5.41, 5.74) is 9.48. The van der Waals surface area contributed by atoms with Crippen molar-refractivity contribution in [3.8, 4) is 17.0 Å². The fourth-order valence-corrected chi connectivity index (χ4v) is 5.31. The van der Waals surface area contributed by atoms with E-state index in [1.54, 1.807) is 19.2 Å². The molecular formula is C22H22Cl2FN5O. The minimum absolute atomic E-state index is 0.0660. The van der Waals surface area contributed by atoms with E-state index in [9.17, 15) is 4.39 Å². The minimum atomic E-state index is -0.630. The number of hydrogen-bond donors (Lipinski definition) is 2. The molecule has 1 saturated heterocycles. The van der Waals surface area contributed by atoms with Gasteiger partial charge in [-0.1, -0.05) is 23.2 Å². The standard InChI is InChI=1S/C22H22Cl2FN5O/c1-12(19-14(23)2-3-15(25)20(19)24)31-17-8-13(10-28-21(17)26)16-9-18-22(4-6-27-11-22)5-7-30(18)29-16/h2-3,8-10,12,27H,4-7,11H2,1H3,(H2,26,28)/t12?,22-/m1/s1. The number of fused-ring (bicyclic) bond motifs is 2. The summed E-state index contributed by atoms with van der Waals surface area (Å²) >= 11 is 12.4. The average molecular weight is 462 g/mol. The predicted octanol–water partition coefficient (Wildman–Crippen LogP) is 4.75. The van der Waals surface area contributed by atoms with Crippen molar-refractivity contribution in [3.63, 3.8) is 0 Å². The first-order chi connectivity index (χ1) is 14.9. The molecule has 4 heterocycles. The smallest absolute Gasteiger partial charge is 0.166 e. The number of hydrogen-bond acceptors (Lipinski definition) is 5. The quantitative estimate of drug-likeness (QED) is 0.548. The Balaban J connectivity index is 1.45. The van der Waals surface area contributed by atoms with Gasteiger partial charge in [-0.3, -0.25) is 4.68 Å². The number of nitrogens with zero attached hydrogens (tertiary/aromatic N) is 3. The van der Waals surface area contributed by atoms with Crippen molar-refractivity contribution in [2.24, 2.45) is 0 Å². The van der Waals surface area contributed by atoms with Gasteiger partial charge in [0.15, 0.2) is 11.6 Å². The van der Waals surface area contributed by atoms with E-state index in [0.717, 1.165) is 43.7 Å². The first-order valence-electron chi connectivity index (χ1n) is 10.2. The normalized spacial score (nSPS) is 20.9. The van der Waals surface area contributed by atoms with Crippen molar-refractivity contribution in [2.45, 2.75) is 37.8 Å². The fourth-order valence-electron chi connectivity index (χ4n) is 4.63. The molecule has 3 N–H and O–H groups in total. The molecule has 1 unspecified atom stereocenters. The molecule has 1 spiro atoms. The lowest BCUT2D eigenvalue weighted by Gasteiger charge is -2.20. The van der Waals surface area contributed by atoms with Gasteiger partial charge in [0.2, 0.25) is 0 Å². The van der Waals surface area contributed by atoms with Crippen LogP contribution in [0.4, 0.5) is 10.2 Å². The van der Waals surface area contributed by atoms with Gasteiger partial charge in [0, 0.05) is 46.5 Å². The maximum Gasteiger partial charge on any atom is 0.166 e. The molecule has 2 atom stereocenters. The zero-order valence-corrected chi connectivity index (χ0v) is 18.5. The van der Waals surface area contributed by atoms with Gasteiger partial charge < -0.3 is 15.8 Å². The molecule has 31 heavy (non-hydrogen) atoms. The van der Waals surface area contributed by atoms with Crippen molar-refractivity contribution in [3.05, 3.63) is 57.6 Å². The number of anilines is 1. The summed E-state index contributed by atoms with van der Waals surface area (Å²) in [7, 11) is 0. The summed E-state index contributed by atoms with van der Waals surface area (Å²) in [5, 5.41) is 8.52. The highest BCUT2D eigenvalue weighted by molar-refractivity contribution is 6.36. The fraction of sp³-hybridized carbons (Fsp3) is 0.364. The highest BCUT2D eigenvalue weighted by Crippen LogP contribution is 2.42. The second-order valence-electron chi connectivity index (χ2n) is 8.22. The third kappa shape index (κ3) is 3.45. The Morgan fingerprint density at radius 3 is 2.90 bits per heavy atom. The van der Waals surface area contributed by atoms with Crippen LogP contribution in [-0.4, -0.2) is 27.9 Å². The topological polar surface area (TPSA) is 78.0 Å². The Kier molecular flexibility index (Phi) is 5.07. The Bertz CT molecular complexity index is 1160. The van der Waals surface area contributed by atoms with Gasteiger partial charge in [-0.25, -0.2) is 9.37 Å². The summed E-state index contributed by atoms with van der Waals surface area (Å²) in [5.74, 6) is 0.0356. The second-order valence-corrected chi connectivity index (χ2v) is 9.00. The maximum atomic E-state index is 13.9. The van der Waals surface area contributed by atoms with Gasteiger partial charge in [0.05, 0.1) is 10.7 Å². The monoisotopic (exact) mass is 461 g/mol. The van der Waals surface area contributed by atoms with E-state index in [1.165, 1.54) is 17.8 Å². The van der Waals surface area contributed by atoms with Crippen LogP contribution < -0.4 is 15.8 Å². The highest BCUT2D eigenvalue weighted by atomic mass is 35.5. The zero-order valence-electron chi connectivity index (χ0n) is 17.0. The number of nitrogens with one attached hydrogen (secondary N) is 1. The first kappa shape index (κ1) is 20.5. The largest absolute Gasteiger partial charge is 0.482 e. The van der Waals surface area contributed by atoms with E-state index in [-0.39, 0.29) is 16.3 Å². The van der Waals surface area contributed by atoms with E-state index in [2.05, 4.69) is 21.0 Å². The second kappa shape index (κ2) is 7.65. The Morgan fingerprint density at radius 2 is 2.13 bits per heavy atom. The maximum absolute atomic E-state index is 13.9. The van der Waals surface area contributed by atoms with Crippen molar-refractivity contribution in [2.75, 3.05) is 18.8 Å². The van der Waals surface area contributed by atoms with Crippen LogP contribution in [0.3, 0.4) is 0 Å². The summed E-state index contributed by atoms with van der Waals surface area (Å²) in [6.07, 6.45) is 3.30. The number of ether oxygens (including phenoxy) is 1. The van der Waals surface area contributed by atoms with E-state index in [1.807, 2.05) is 0 Å². The SMILES string of the molecule is CC(Oc1cc(-c2cc3n(n2)CC[C@@]32CCNC2)cnc1N)c1c(Cl)ccc(F)c1Cl. The molecule has 2 aliphatic rings. The van der Waals surface area contributed by atoms with Crippen LogP contribution in [0.5, 0.6) is 5.75 Å². The number of benzene rings is 1. The molecule has 162 valence electrons. The molecule has 0 radical (unpaired) electrons. The first-order valence-corrected chi connectivity index (χ1v) is 11.0. The Labute approximate surface area is 189 Å². The van der Waals surface area contributed by atoms with E-state index in [4.69, 9.17) is 38.8 Å². The van der Waals surface area contributed by atoms with Crippen molar-refractivity contribution >= 4 is 29.0 Å². The molecule has 3 aromatic rings. The van der Waals surface area contributed by atoms with Crippen molar-refractivity contribution in [1.82, 2.24) is 20.1 Å². The average Bonchev–Trinajstić information content (AvgIpc) is 3.46. The van der Waals surface area contributed by atoms with E-state index in [0.29, 0.717) is 16.3 Å². The molecule has 0 amide bonds. The number of nitrogen functional groups attached to an aromatic ring is 1. The van der Waals surface area contributed by atoms with Crippen LogP contribution >= 0.6 is 23.2 Å². The number of pyridine rings is 1. The molecule has 0 aliphatic carbocycles. The lowest BCUT2D eigenvalue weighted by molar-refractivity contribution is 0.227. The van der Waals surface area contributed by atoms with Crippen LogP contribution in [0.2, 0.25) is 10.0 Å². The summed E-state index contributed by atoms with van der Waals surface area (Å²) in [6, 6.07) is 6.62. The van der Waals surface area contributed by atoms with Gasteiger partial charge >= 0.3 is 0 Å². The van der Waals surface area contributed by atoms with Gasteiger partial charge in [0.1, 0.15) is 11.9 Å². The van der Waals surface area contributed by atoms with Crippen molar-refractivity contribution < 1.29 is 9.13 Å². The number of aromatic nitrogens is 3. The van der Waals surface area contributed by atoms with E-state index >= 15 is 0 Å². The number of aryl methyl sites for hydroxylation is 1. The number of halogens is 3. The van der Waals surface area contributed by atoms with Crippen LogP contribution in [0.15, 0.2) is 30.5 Å². The van der Waals surface area contributed by atoms with Crippen LogP contribution in [0, 0.1) is 5.82 Å². The lowest BCUT2D eigenvalue weighted by Crippen LogP contribution is -2.25. The highest BCUT2D eigenvalue weighted by Gasteiger charge is 2.42. The van der Waals surface area contributed by atoms with Gasteiger partial charge in [-0.2, -0.15) is 5.10 Å². The molecule has 5 rings (SSSR count). The molecule has 1 fully saturated rings. The third-order valence-electron chi connectivity index (χ3n) is 6.34. The third-order valence-corrected chi connectivity index (χ3v) is 7.05. The summed E-state index contributed by atoms with van der Waals surface area (Å²) in [4.78, 5) is 4.29. The number of rotatable bonds is 4. The van der Waals surface area contributed by atoms with Gasteiger partial charge in [-0.05, 0) is 50.6 Å². The Morgan fingerprint density at radius 1 is 1.29 bits per heavy atom. The van der Waals surface area contributed by atoms with Crippen molar-refractivity contribution in [1.29, 1.82) is 0 Å². The van der Waals surface area contributed by atoms with Gasteiger partial charge in [0.25, 0.3) is 0 Å². The van der Waals surface area contributed by atoms with Crippen LogP contribution in [0.25, 0.3) is 11.3 Å². The Hall–Kier alpha value is -2.35. The number of nitrogens with two attached hydrogens (primary N) is 1. The molecule has 9 heteroatoms. The van der Waals surface area contributed by atoms with Gasteiger partial charge in [-0.15, -0.1) is 0 Å². The molecule has 1 aromatic carbocycles.